The van der Waals surface area contributed by atoms with Crippen molar-refractivity contribution in [3.8, 4) is 0 Å². The SMILES string of the molecule is Cn1c(=O)c(CSC2(C(C)(C)C)C=CC(O)=C(C(C)(C)C)C2)cc2ccccc21. The summed E-state index contributed by atoms with van der Waals surface area (Å²) in [6.07, 6.45) is 4.79. The minimum absolute atomic E-state index is 0.0343. The van der Waals surface area contributed by atoms with Gasteiger partial charge in [0.15, 0.2) is 0 Å². The van der Waals surface area contributed by atoms with E-state index in [9.17, 15) is 9.90 Å². The van der Waals surface area contributed by atoms with Gasteiger partial charge in [0.1, 0.15) is 5.76 Å². The lowest BCUT2D eigenvalue weighted by molar-refractivity contribution is 0.290. The average Bonchev–Trinajstić information content (AvgIpc) is 2.63. The molecule has 1 atom stereocenters. The second-order valence-corrected chi connectivity index (χ2v) is 11.5. The van der Waals surface area contributed by atoms with Gasteiger partial charge in [-0.15, -0.1) is 11.8 Å². The van der Waals surface area contributed by atoms with Crippen LogP contribution < -0.4 is 5.56 Å². The smallest absolute Gasteiger partial charge is 0.254 e. The Labute approximate surface area is 178 Å². The standard InChI is InChI=1S/C25H33NO2S/c1-23(2,3)19-15-25(24(4,5)6,13-12-21(19)27)29-16-18-14-17-10-8-9-11-20(17)26(7)22(18)28/h8-14,27H,15-16H2,1-7H3. The number of thioether (sulfide) groups is 1. The quantitative estimate of drug-likeness (QED) is 0.637. The van der Waals surface area contributed by atoms with E-state index in [1.165, 1.54) is 0 Å². The highest BCUT2D eigenvalue weighted by atomic mass is 32.2. The topological polar surface area (TPSA) is 42.2 Å². The molecule has 1 aromatic carbocycles. The van der Waals surface area contributed by atoms with Gasteiger partial charge in [0, 0.05) is 23.1 Å². The van der Waals surface area contributed by atoms with Crippen LogP contribution in [0.1, 0.15) is 53.5 Å². The number of aromatic nitrogens is 1. The van der Waals surface area contributed by atoms with Gasteiger partial charge in [-0.2, -0.15) is 0 Å². The van der Waals surface area contributed by atoms with Crippen molar-refractivity contribution in [2.45, 2.75) is 58.5 Å². The van der Waals surface area contributed by atoms with Gasteiger partial charge in [0.05, 0.1) is 5.52 Å². The van der Waals surface area contributed by atoms with Gasteiger partial charge < -0.3 is 9.67 Å². The Morgan fingerprint density at radius 3 is 2.41 bits per heavy atom. The fourth-order valence-electron chi connectivity index (χ4n) is 4.01. The van der Waals surface area contributed by atoms with E-state index in [0.717, 1.165) is 28.5 Å². The summed E-state index contributed by atoms with van der Waals surface area (Å²) >= 11 is 1.81. The zero-order valence-corrected chi connectivity index (χ0v) is 19.5. The first-order chi connectivity index (χ1) is 13.4. The molecule has 1 aromatic heterocycles. The van der Waals surface area contributed by atoms with Gasteiger partial charge in [-0.3, -0.25) is 4.79 Å². The monoisotopic (exact) mass is 411 g/mol. The molecule has 1 unspecified atom stereocenters. The molecule has 1 heterocycles. The molecule has 0 radical (unpaired) electrons. The summed E-state index contributed by atoms with van der Waals surface area (Å²) in [5.41, 5.74) is 2.78. The van der Waals surface area contributed by atoms with Gasteiger partial charge in [0.25, 0.3) is 5.56 Å². The van der Waals surface area contributed by atoms with E-state index >= 15 is 0 Å². The van der Waals surface area contributed by atoms with Crippen molar-refractivity contribution in [3.63, 3.8) is 0 Å². The highest BCUT2D eigenvalue weighted by Gasteiger charge is 2.44. The zero-order valence-electron chi connectivity index (χ0n) is 18.7. The first-order valence-electron chi connectivity index (χ1n) is 10.2. The number of fused-ring (bicyclic) bond motifs is 1. The van der Waals surface area contributed by atoms with Crippen LogP contribution in [-0.2, 0) is 12.8 Å². The summed E-state index contributed by atoms with van der Waals surface area (Å²) < 4.78 is 1.55. The largest absolute Gasteiger partial charge is 0.508 e. The Balaban J connectivity index is 1.99. The minimum Gasteiger partial charge on any atom is -0.508 e. The number of para-hydroxylation sites is 1. The van der Waals surface area contributed by atoms with Crippen LogP contribution in [-0.4, -0.2) is 14.4 Å². The summed E-state index contributed by atoms with van der Waals surface area (Å²) in [5.74, 6) is 1.02. The molecule has 0 fully saturated rings. The number of allylic oxidation sites excluding steroid dienone is 2. The lowest BCUT2D eigenvalue weighted by Gasteiger charge is -2.46. The molecule has 156 valence electrons. The van der Waals surface area contributed by atoms with Gasteiger partial charge in [0.2, 0.25) is 0 Å². The number of nitrogens with zero attached hydrogens (tertiary/aromatic N) is 1. The minimum atomic E-state index is -0.196. The van der Waals surface area contributed by atoms with E-state index in [-0.39, 0.29) is 21.1 Å². The van der Waals surface area contributed by atoms with E-state index in [1.54, 1.807) is 4.57 Å². The molecule has 3 nitrogen and oxygen atoms in total. The molecular formula is C25H33NO2S. The first kappa shape index (κ1) is 21.8. The molecule has 1 aliphatic carbocycles. The molecule has 4 heteroatoms. The molecule has 0 bridgehead atoms. The molecule has 1 N–H and O–H groups in total. The molecule has 29 heavy (non-hydrogen) atoms. The van der Waals surface area contributed by atoms with E-state index in [2.05, 4.69) is 53.7 Å². The predicted molar refractivity (Wildman–Crippen MR) is 126 cm³/mol. The van der Waals surface area contributed by atoms with Crippen LogP contribution >= 0.6 is 11.8 Å². The number of benzene rings is 1. The summed E-state index contributed by atoms with van der Waals surface area (Å²) in [7, 11) is 1.84. The van der Waals surface area contributed by atoms with Crippen LogP contribution in [0.2, 0.25) is 0 Å². The third-order valence-corrected chi connectivity index (χ3v) is 7.99. The Morgan fingerprint density at radius 2 is 1.79 bits per heavy atom. The van der Waals surface area contributed by atoms with E-state index in [4.69, 9.17) is 0 Å². The Hall–Kier alpha value is -1.94. The molecule has 0 amide bonds. The van der Waals surface area contributed by atoms with Crippen LogP contribution in [0.5, 0.6) is 0 Å². The highest BCUT2D eigenvalue weighted by molar-refractivity contribution is 8.00. The van der Waals surface area contributed by atoms with Crippen LogP contribution in [0.15, 0.2) is 58.6 Å². The zero-order chi connectivity index (χ0) is 21.6. The third-order valence-electron chi connectivity index (χ3n) is 6.13. The van der Waals surface area contributed by atoms with Crippen molar-refractivity contribution >= 4 is 22.7 Å². The fourth-order valence-corrected chi connectivity index (χ4v) is 5.47. The number of hydrogen-bond acceptors (Lipinski definition) is 3. The van der Waals surface area contributed by atoms with Crippen LogP contribution in [0.4, 0.5) is 0 Å². The van der Waals surface area contributed by atoms with Gasteiger partial charge in [-0.25, -0.2) is 0 Å². The van der Waals surface area contributed by atoms with E-state index in [1.807, 2.05) is 49.2 Å². The number of rotatable bonds is 3. The van der Waals surface area contributed by atoms with Gasteiger partial charge >= 0.3 is 0 Å². The number of pyridine rings is 1. The van der Waals surface area contributed by atoms with Crippen molar-refractivity contribution in [1.29, 1.82) is 0 Å². The first-order valence-corrected chi connectivity index (χ1v) is 11.2. The normalized spacial score (nSPS) is 20.5. The Morgan fingerprint density at radius 1 is 1.14 bits per heavy atom. The summed E-state index contributed by atoms with van der Waals surface area (Å²) in [6, 6.07) is 10.0. The molecule has 0 saturated carbocycles. The summed E-state index contributed by atoms with van der Waals surface area (Å²) in [5, 5.41) is 11.6. The van der Waals surface area contributed by atoms with Gasteiger partial charge in [-0.05, 0) is 46.4 Å². The second-order valence-electron chi connectivity index (χ2n) is 10.1. The maximum absolute atomic E-state index is 13.0. The maximum Gasteiger partial charge on any atom is 0.254 e. The molecule has 0 aliphatic heterocycles. The second kappa shape index (κ2) is 7.39. The molecular weight excluding hydrogens is 378 g/mol. The maximum atomic E-state index is 13.0. The van der Waals surface area contributed by atoms with Crippen LogP contribution in [0.3, 0.4) is 0 Å². The van der Waals surface area contributed by atoms with E-state index in [0.29, 0.717) is 11.5 Å². The van der Waals surface area contributed by atoms with Crippen LogP contribution in [0, 0.1) is 10.8 Å². The van der Waals surface area contributed by atoms with Crippen molar-refractivity contribution in [2.75, 3.05) is 0 Å². The highest BCUT2D eigenvalue weighted by Crippen LogP contribution is 2.53. The molecule has 0 saturated heterocycles. The molecule has 0 spiro atoms. The molecule has 1 aliphatic rings. The summed E-state index contributed by atoms with van der Waals surface area (Å²) in [6.45, 7) is 13.2. The molecule has 3 rings (SSSR count). The van der Waals surface area contributed by atoms with Crippen molar-refractivity contribution in [1.82, 2.24) is 4.57 Å². The predicted octanol–water partition coefficient (Wildman–Crippen LogP) is 6.37. The van der Waals surface area contributed by atoms with Crippen molar-refractivity contribution < 1.29 is 5.11 Å². The Kier molecular flexibility index (Phi) is 5.55. The van der Waals surface area contributed by atoms with Crippen molar-refractivity contribution in [3.05, 3.63) is 69.7 Å². The number of aliphatic hydroxyl groups is 1. The lowest BCUT2D eigenvalue weighted by atomic mass is 9.69. The summed E-state index contributed by atoms with van der Waals surface area (Å²) in [4.78, 5) is 13.0. The third kappa shape index (κ3) is 4.05. The van der Waals surface area contributed by atoms with E-state index < -0.39 is 0 Å². The number of aliphatic hydroxyl groups excluding tert-OH is 1. The molecule has 2 aromatic rings. The number of aryl methyl sites for hydroxylation is 1. The van der Waals surface area contributed by atoms with Gasteiger partial charge in [-0.1, -0.05) is 65.8 Å². The number of hydrogen-bond donors (Lipinski definition) is 1. The average molecular weight is 412 g/mol. The lowest BCUT2D eigenvalue weighted by Crippen LogP contribution is -2.41. The van der Waals surface area contributed by atoms with Crippen molar-refractivity contribution in [2.24, 2.45) is 17.9 Å². The fraction of sp³-hybridized carbons (Fsp3) is 0.480. The Bertz CT molecular complexity index is 1050. The van der Waals surface area contributed by atoms with Crippen LogP contribution in [0.25, 0.3) is 10.9 Å².